The van der Waals surface area contributed by atoms with Crippen molar-refractivity contribution in [3.63, 3.8) is 0 Å². The summed E-state index contributed by atoms with van der Waals surface area (Å²) in [6.07, 6.45) is 5.34. The van der Waals surface area contributed by atoms with Crippen LogP contribution < -0.4 is 10.6 Å². The maximum atomic E-state index is 4.57. The maximum absolute atomic E-state index is 4.57. The molecule has 0 saturated heterocycles. The number of nitrogens with one attached hydrogen (secondary N) is 2. The molecule has 0 spiro atoms. The Kier molecular flexibility index (Phi) is 4.38. The molecule has 0 aliphatic carbocycles. The lowest BCUT2D eigenvalue weighted by Gasteiger charge is -2.11. The molecule has 0 saturated carbocycles. The maximum Gasteiger partial charge on any atom is 0.225 e. The number of hydrogen-bond acceptors (Lipinski definition) is 6. The highest BCUT2D eigenvalue weighted by molar-refractivity contribution is 5.91. The van der Waals surface area contributed by atoms with E-state index in [9.17, 15) is 0 Å². The minimum atomic E-state index is 0.581. The number of rotatable bonds is 5. The van der Waals surface area contributed by atoms with Crippen LogP contribution in [0.3, 0.4) is 0 Å². The van der Waals surface area contributed by atoms with E-state index in [1.54, 1.807) is 18.6 Å². The van der Waals surface area contributed by atoms with Gasteiger partial charge < -0.3 is 10.6 Å². The van der Waals surface area contributed by atoms with Gasteiger partial charge in [-0.15, -0.1) is 0 Å². The van der Waals surface area contributed by atoms with Crippen molar-refractivity contribution in [2.75, 3.05) is 10.6 Å². The minimum Gasteiger partial charge on any atom is -0.350 e. The van der Waals surface area contributed by atoms with E-state index in [1.807, 2.05) is 55.5 Å². The standard InChI is InChI=1S/C20H18N6/c1-14-12-18(25-17-6-2-4-16-5-3-9-22-19(16)17)26-20(24-14)23-13-15-7-10-21-11-8-15/h2-12H,13H2,1H3,(H2,23,24,25,26). The van der Waals surface area contributed by atoms with Gasteiger partial charge in [-0.3, -0.25) is 9.97 Å². The molecule has 0 radical (unpaired) electrons. The molecule has 0 atom stereocenters. The third-order valence-corrected chi connectivity index (χ3v) is 3.95. The van der Waals surface area contributed by atoms with Crippen LogP contribution in [0.1, 0.15) is 11.3 Å². The van der Waals surface area contributed by atoms with Gasteiger partial charge in [0.15, 0.2) is 0 Å². The number of pyridine rings is 2. The summed E-state index contributed by atoms with van der Waals surface area (Å²) < 4.78 is 0. The average molecular weight is 342 g/mol. The molecule has 0 unspecified atom stereocenters. The normalized spacial score (nSPS) is 10.7. The summed E-state index contributed by atoms with van der Waals surface area (Å²) in [7, 11) is 0. The highest BCUT2D eigenvalue weighted by Crippen LogP contribution is 2.24. The Balaban J connectivity index is 1.58. The van der Waals surface area contributed by atoms with Crippen molar-refractivity contribution in [2.24, 2.45) is 0 Å². The molecular weight excluding hydrogens is 324 g/mol. The van der Waals surface area contributed by atoms with Gasteiger partial charge in [0.25, 0.3) is 0 Å². The third kappa shape index (κ3) is 3.59. The molecule has 26 heavy (non-hydrogen) atoms. The Bertz CT molecular complexity index is 1030. The molecule has 0 fully saturated rings. The van der Waals surface area contributed by atoms with Gasteiger partial charge in [0.05, 0.1) is 11.2 Å². The second-order valence-electron chi connectivity index (χ2n) is 5.93. The largest absolute Gasteiger partial charge is 0.350 e. The number of aromatic nitrogens is 4. The van der Waals surface area contributed by atoms with Crippen LogP contribution in [0.25, 0.3) is 10.9 Å². The zero-order valence-electron chi connectivity index (χ0n) is 14.3. The van der Waals surface area contributed by atoms with Crippen molar-refractivity contribution in [3.8, 4) is 0 Å². The summed E-state index contributed by atoms with van der Waals surface area (Å²) in [6, 6.07) is 15.9. The molecule has 128 valence electrons. The summed E-state index contributed by atoms with van der Waals surface area (Å²) in [5.74, 6) is 1.31. The fraction of sp³-hybridized carbons (Fsp3) is 0.100. The Morgan fingerprint density at radius 1 is 0.923 bits per heavy atom. The highest BCUT2D eigenvalue weighted by atomic mass is 15.1. The van der Waals surface area contributed by atoms with Gasteiger partial charge >= 0.3 is 0 Å². The molecule has 4 aromatic rings. The molecule has 1 aromatic carbocycles. The molecule has 6 nitrogen and oxygen atoms in total. The van der Waals surface area contributed by atoms with Crippen LogP contribution >= 0.6 is 0 Å². The predicted octanol–water partition coefficient (Wildman–Crippen LogP) is 4.08. The Morgan fingerprint density at radius 2 is 1.77 bits per heavy atom. The second kappa shape index (κ2) is 7.14. The van der Waals surface area contributed by atoms with E-state index in [1.165, 1.54) is 0 Å². The van der Waals surface area contributed by atoms with E-state index < -0.39 is 0 Å². The van der Waals surface area contributed by atoms with E-state index in [-0.39, 0.29) is 0 Å². The van der Waals surface area contributed by atoms with Crippen molar-refractivity contribution in [1.29, 1.82) is 0 Å². The van der Waals surface area contributed by atoms with Crippen LogP contribution in [0.4, 0.5) is 17.5 Å². The quantitative estimate of drug-likeness (QED) is 0.569. The second-order valence-corrected chi connectivity index (χ2v) is 5.93. The fourth-order valence-electron chi connectivity index (χ4n) is 2.74. The third-order valence-electron chi connectivity index (χ3n) is 3.95. The van der Waals surface area contributed by atoms with Gasteiger partial charge in [-0.05, 0) is 36.8 Å². The first-order valence-electron chi connectivity index (χ1n) is 8.37. The van der Waals surface area contributed by atoms with Gasteiger partial charge in [-0.1, -0.05) is 18.2 Å². The number of aryl methyl sites for hydroxylation is 1. The zero-order valence-corrected chi connectivity index (χ0v) is 14.3. The van der Waals surface area contributed by atoms with Crippen molar-refractivity contribution >= 4 is 28.4 Å². The first-order chi connectivity index (χ1) is 12.8. The first-order valence-corrected chi connectivity index (χ1v) is 8.37. The van der Waals surface area contributed by atoms with Gasteiger partial charge in [0.2, 0.25) is 5.95 Å². The average Bonchev–Trinajstić information content (AvgIpc) is 2.67. The lowest BCUT2D eigenvalue weighted by atomic mass is 10.2. The highest BCUT2D eigenvalue weighted by Gasteiger charge is 2.06. The topological polar surface area (TPSA) is 75.6 Å². The van der Waals surface area contributed by atoms with Crippen LogP contribution in [0.15, 0.2) is 67.1 Å². The van der Waals surface area contributed by atoms with Crippen molar-refractivity contribution in [3.05, 3.63) is 78.4 Å². The summed E-state index contributed by atoms with van der Waals surface area (Å²) in [5, 5.41) is 7.70. The lowest BCUT2D eigenvalue weighted by Crippen LogP contribution is -2.06. The van der Waals surface area contributed by atoms with Gasteiger partial charge in [0, 0.05) is 42.3 Å². The summed E-state index contributed by atoms with van der Waals surface area (Å²) in [6.45, 7) is 2.59. The molecule has 3 heterocycles. The van der Waals surface area contributed by atoms with E-state index in [4.69, 9.17) is 0 Å². The van der Waals surface area contributed by atoms with Crippen molar-refractivity contribution in [1.82, 2.24) is 19.9 Å². The van der Waals surface area contributed by atoms with Crippen LogP contribution in [0.5, 0.6) is 0 Å². The molecule has 0 aliphatic heterocycles. The van der Waals surface area contributed by atoms with E-state index in [0.717, 1.165) is 33.7 Å². The SMILES string of the molecule is Cc1cc(Nc2cccc3cccnc23)nc(NCc2ccncc2)n1. The number of anilines is 3. The Morgan fingerprint density at radius 3 is 2.65 bits per heavy atom. The van der Waals surface area contributed by atoms with Gasteiger partial charge in [0.1, 0.15) is 5.82 Å². The molecule has 6 heteroatoms. The summed E-state index contributed by atoms with van der Waals surface area (Å²) in [5.41, 5.74) is 3.84. The van der Waals surface area contributed by atoms with E-state index in [0.29, 0.717) is 12.5 Å². The van der Waals surface area contributed by atoms with Crippen LogP contribution in [0.2, 0.25) is 0 Å². The van der Waals surface area contributed by atoms with Gasteiger partial charge in [-0.2, -0.15) is 4.98 Å². The molecule has 0 amide bonds. The van der Waals surface area contributed by atoms with E-state index in [2.05, 4.69) is 30.6 Å². The summed E-state index contributed by atoms with van der Waals surface area (Å²) >= 11 is 0. The summed E-state index contributed by atoms with van der Waals surface area (Å²) in [4.78, 5) is 17.5. The van der Waals surface area contributed by atoms with Crippen molar-refractivity contribution in [2.45, 2.75) is 13.5 Å². The monoisotopic (exact) mass is 342 g/mol. The zero-order chi connectivity index (χ0) is 17.8. The smallest absolute Gasteiger partial charge is 0.225 e. The Labute approximate surface area is 151 Å². The minimum absolute atomic E-state index is 0.581. The number of benzene rings is 1. The number of nitrogens with zero attached hydrogens (tertiary/aromatic N) is 4. The number of fused-ring (bicyclic) bond motifs is 1. The van der Waals surface area contributed by atoms with Crippen molar-refractivity contribution < 1.29 is 0 Å². The fourth-order valence-corrected chi connectivity index (χ4v) is 2.74. The number of para-hydroxylation sites is 1. The molecule has 4 rings (SSSR count). The molecular formula is C20H18N6. The van der Waals surface area contributed by atoms with Crippen LogP contribution in [-0.2, 0) is 6.54 Å². The van der Waals surface area contributed by atoms with Crippen LogP contribution in [-0.4, -0.2) is 19.9 Å². The lowest BCUT2D eigenvalue weighted by molar-refractivity contribution is 1.03. The Hall–Kier alpha value is -3.54. The number of hydrogen-bond donors (Lipinski definition) is 2. The molecule has 2 N–H and O–H groups in total. The molecule has 3 aromatic heterocycles. The first kappa shape index (κ1) is 16.0. The molecule has 0 bridgehead atoms. The predicted molar refractivity (Wildman–Crippen MR) is 103 cm³/mol. The van der Waals surface area contributed by atoms with Gasteiger partial charge in [-0.25, -0.2) is 4.98 Å². The van der Waals surface area contributed by atoms with E-state index >= 15 is 0 Å². The molecule has 0 aliphatic rings. The van der Waals surface area contributed by atoms with Crippen LogP contribution in [0, 0.1) is 6.92 Å².